The van der Waals surface area contributed by atoms with Gasteiger partial charge in [-0.2, -0.15) is 0 Å². The molecule has 3 heterocycles. The number of hydrogen-bond donors (Lipinski definition) is 0. The monoisotopic (exact) mass is 380 g/mol. The summed E-state index contributed by atoms with van der Waals surface area (Å²) in [6.07, 6.45) is 6.50. The topological polar surface area (TPSA) is 83.5 Å². The fourth-order valence-electron chi connectivity index (χ4n) is 4.08. The van der Waals surface area contributed by atoms with Crippen LogP contribution in [0.4, 0.5) is 5.82 Å². The molecule has 0 spiro atoms. The highest BCUT2D eigenvalue weighted by atomic mass is 32.2. The van der Waals surface area contributed by atoms with E-state index < -0.39 is 9.84 Å². The largest absolute Gasteiger partial charge is 0.354 e. The van der Waals surface area contributed by atoms with Crippen LogP contribution in [0.15, 0.2) is 12.4 Å². The molecule has 1 aromatic heterocycles. The third kappa shape index (κ3) is 4.00. The minimum absolute atomic E-state index is 0.0502. The zero-order chi connectivity index (χ0) is 18.7. The first-order valence-electron chi connectivity index (χ1n) is 9.55. The van der Waals surface area contributed by atoms with E-state index in [9.17, 15) is 13.2 Å². The van der Waals surface area contributed by atoms with Crippen molar-refractivity contribution in [3.63, 3.8) is 0 Å². The Morgan fingerprint density at radius 3 is 2.73 bits per heavy atom. The molecule has 0 bridgehead atoms. The summed E-state index contributed by atoms with van der Waals surface area (Å²) in [4.78, 5) is 25.5. The second-order valence-corrected chi connectivity index (χ2v) is 9.39. The summed E-state index contributed by atoms with van der Waals surface area (Å²) >= 11 is 0. The Morgan fingerprint density at radius 2 is 2.08 bits per heavy atom. The van der Waals surface area contributed by atoms with Gasteiger partial charge in [0, 0.05) is 31.2 Å². The van der Waals surface area contributed by atoms with Gasteiger partial charge in [-0.3, -0.25) is 4.79 Å². The summed E-state index contributed by atoms with van der Waals surface area (Å²) in [6, 6.07) is 1.96. The maximum Gasteiger partial charge on any atom is 0.272 e. The van der Waals surface area contributed by atoms with E-state index in [4.69, 9.17) is 0 Å². The predicted octanol–water partition coefficient (Wildman–Crippen LogP) is 1.89. The normalized spacial score (nSPS) is 25.2. The van der Waals surface area contributed by atoms with Crippen LogP contribution in [0.25, 0.3) is 0 Å². The third-order valence-electron chi connectivity index (χ3n) is 5.52. The van der Waals surface area contributed by atoms with Crippen molar-refractivity contribution >= 4 is 21.6 Å². The number of anilines is 1. The van der Waals surface area contributed by atoms with Crippen LogP contribution in [0.3, 0.4) is 0 Å². The van der Waals surface area contributed by atoms with Gasteiger partial charge in [0.2, 0.25) is 0 Å². The Balaban J connectivity index is 1.81. The Labute approximate surface area is 155 Å². The van der Waals surface area contributed by atoms with Crippen molar-refractivity contribution in [1.82, 2.24) is 14.9 Å². The van der Waals surface area contributed by atoms with Gasteiger partial charge in [-0.05, 0) is 39.0 Å². The number of nitrogens with zero attached hydrogens (tertiary/aromatic N) is 4. The molecule has 2 atom stereocenters. The second kappa shape index (κ2) is 7.90. The van der Waals surface area contributed by atoms with E-state index >= 15 is 0 Å². The van der Waals surface area contributed by atoms with Gasteiger partial charge >= 0.3 is 0 Å². The first kappa shape index (κ1) is 19.1. The number of aromatic nitrogens is 2. The highest BCUT2D eigenvalue weighted by Gasteiger charge is 2.35. The summed E-state index contributed by atoms with van der Waals surface area (Å²) in [5.74, 6) is 0.796. The Kier molecular flexibility index (Phi) is 5.79. The van der Waals surface area contributed by atoms with Crippen LogP contribution in [0.5, 0.6) is 0 Å². The first-order chi connectivity index (χ1) is 12.4. The molecule has 2 unspecified atom stereocenters. The lowest BCUT2D eigenvalue weighted by molar-refractivity contribution is 0.0702. The van der Waals surface area contributed by atoms with Gasteiger partial charge in [0.25, 0.3) is 5.91 Å². The molecule has 0 aliphatic carbocycles. The van der Waals surface area contributed by atoms with Crippen LogP contribution < -0.4 is 4.90 Å². The summed E-state index contributed by atoms with van der Waals surface area (Å²) < 4.78 is 23.6. The molecule has 144 valence electrons. The predicted molar refractivity (Wildman–Crippen MR) is 101 cm³/mol. The molecule has 0 N–H and O–H groups in total. The summed E-state index contributed by atoms with van der Waals surface area (Å²) in [5.41, 5.74) is 0.349. The highest BCUT2D eigenvalue weighted by Crippen LogP contribution is 2.26. The number of piperidine rings is 1. The number of carbonyl (C=O) groups excluding carboxylic acids is 1. The standard InChI is InChI=1S/C18H28N4O3S/c1-3-14-7-5-6-9-22(14)17-11-16(19-13-20-17)18(23)21(4-2)15-8-10-26(24,25)12-15/h11,13-15H,3-10,12H2,1-2H3. The molecule has 2 aliphatic heterocycles. The van der Waals surface area contributed by atoms with Crippen LogP contribution in [0, 0.1) is 0 Å². The average Bonchev–Trinajstić information content (AvgIpc) is 3.01. The van der Waals surface area contributed by atoms with Gasteiger partial charge in [0.15, 0.2) is 9.84 Å². The van der Waals surface area contributed by atoms with Crippen molar-refractivity contribution in [2.24, 2.45) is 0 Å². The van der Waals surface area contributed by atoms with Crippen LogP contribution in [0.2, 0.25) is 0 Å². The van der Waals surface area contributed by atoms with Crippen molar-refractivity contribution in [1.29, 1.82) is 0 Å². The molecule has 2 aliphatic rings. The zero-order valence-corrected chi connectivity index (χ0v) is 16.4. The van der Waals surface area contributed by atoms with Crippen LogP contribution in [-0.2, 0) is 9.84 Å². The van der Waals surface area contributed by atoms with Crippen LogP contribution in [0.1, 0.15) is 56.4 Å². The maximum atomic E-state index is 13.0. The van der Waals surface area contributed by atoms with E-state index in [1.54, 1.807) is 11.0 Å². The molecular weight excluding hydrogens is 352 g/mol. The molecule has 2 fully saturated rings. The molecule has 0 saturated carbocycles. The summed E-state index contributed by atoms with van der Waals surface area (Å²) in [6.45, 7) is 5.47. The van der Waals surface area contributed by atoms with Crippen molar-refractivity contribution in [3.8, 4) is 0 Å². The minimum Gasteiger partial charge on any atom is -0.354 e. The third-order valence-corrected chi connectivity index (χ3v) is 7.27. The number of sulfone groups is 1. The Bertz CT molecular complexity index is 753. The van der Waals surface area contributed by atoms with E-state index in [1.807, 2.05) is 6.92 Å². The van der Waals surface area contributed by atoms with Gasteiger partial charge in [-0.15, -0.1) is 0 Å². The Morgan fingerprint density at radius 1 is 1.27 bits per heavy atom. The first-order valence-corrected chi connectivity index (χ1v) is 11.4. The number of amides is 1. The zero-order valence-electron chi connectivity index (χ0n) is 15.6. The van der Waals surface area contributed by atoms with Crippen molar-refractivity contribution in [2.45, 2.75) is 58.0 Å². The molecular formula is C18H28N4O3S. The molecule has 0 aromatic carbocycles. The van der Waals surface area contributed by atoms with Gasteiger partial charge in [0.1, 0.15) is 17.8 Å². The van der Waals surface area contributed by atoms with Gasteiger partial charge in [-0.1, -0.05) is 6.92 Å². The highest BCUT2D eigenvalue weighted by molar-refractivity contribution is 7.91. The van der Waals surface area contributed by atoms with Gasteiger partial charge in [-0.25, -0.2) is 18.4 Å². The Hall–Kier alpha value is -1.70. The van der Waals surface area contributed by atoms with Crippen molar-refractivity contribution in [3.05, 3.63) is 18.1 Å². The lowest BCUT2D eigenvalue weighted by atomic mass is 10.00. The van der Waals surface area contributed by atoms with Crippen molar-refractivity contribution < 1.29 is 13.2 Å². The molecule has 3 rings (SSSR count). The molecule has 2 saturated heterocycles. The van der Waals surface area contributed by atoms with Gasteiger partial charge < -0.3 is 9.80 Å². The van der Waals surface area contributed by atoms with E-state index in [1.165, 1.54) is 12.7 Å². The molecule has 1 aromatic rings. The SMILES string of the molecule is CCC1CCCCN1c1cc(C(=O)N(CC)C2CCS(=O)(=O)C2)ncn1. The lowest BCUT2D eigenvalue weighted by Crippen LogP contribution is -2.42. The van der Waals surface area contributed by atoms with Gasteiger partial charge in [0.05, 0.1) is 11.5 Å². The molecule has 1 amide bonds. The quantitative estimate of drug-likeness (QED) is 0.776. The van der Waals surface area contributed by atoms with Crippen LogP contribution >= 0.6 is 0 Å². The summed E-state index contributed by atoms with van der Waals surface area (Å²) in [7, 11) is -3.04. The van der Waals surface area contributed by atoms with E-state index in [0.717, 1.165) is 31.6 Å². The van der Waals surface area contributed by atoms with E-state index in [-0.39, 0.29) is 23.5 Å². The second-order valence-electron chi connectivity index (χ2n) is 7.16. The smallest absolute Gasteiger partial charge is 0.272 e. The van der Waals surface area contributed by atoms with E-state index in [0.29, 0.717) is 24.7 Å². The lowest BCUT2D eigenvalue weighted by Gasteiger charge is -2.36. The minimum atomic E-state index is -3.04. The molecule has 26 heavy (non-hydrogen) atoms. The molecule has 7 nitrogen and oxygen atoms in total. The van der Waals surface area contributed by atoms with E-state index in [2.05, 4.69) is 21.8 Å². The molecule has 0 radical (unpaired) electrons. The number of hydrogen-bond acceptors (Lipinski definition) is 6. The number of rotatable bonds is 5. The summed E-state index contributed by atoms with van der Waals surface area (Å²) in [5, 5.41) is 0. The fraction of sp³-hybridized carbons (Fsp3) is 0.722. The maximum absolute atomic E-state index is 13.0. The van der Waals surface area contributed by atoms with Crippen molar-refractivity contribution in [2.75, 3.05) is 29.5 Å². The number of carbonyl (C=O) groups is 1. The van der Waals surface area contributed by atoms with Crippen LogP contribution in [-0.4, -0.2) is 65.9 Å². The molecule has 8 heteroatoms. The average molecular weight is 381 g/mol. The fourth-order valence-corrected chi connectivity index (χ4v) is 5.81.